The van der Waals surface area contributed by atoms with E-state index in [-0.39, 0.29) is 12.1 Å². The van der Waals surface area contributed by atoms with Crippen molar-refractivity contribution in [2.24, 2.45) is 46.3 Å². The molecular weight excluding hydrogens is 502 g/mol. The van der Waals surface area contributed by atoms with Crippen LogP contribution in [0.15, 0.2) is 11.1 Å². The zero-order valence-electron chi connectivity index (χ0n) is 28.5. The van der Waals surface area contributed by atoms with E-state index in [9.17, 15) is 4.79 Å². The second-order valence-electron chi connectivity index (χ2n) is 16.1. The van der Waals surface area contributed by atoms with Crippen LogP contribution in [0.1, 0.15) is 152 Å². The van der Waals surface area contributed by atoms with Crippen molar-refractivity contribution in [1.29, 1.82) is 0 Å². The minimum atomic E-state index is -0.102. The molecule has 4 aliphatic carbocycles. The predicted molar refractivity (Wildman–Crippen MR) is 174 cm³/mol. The lowest BCUT2D eigenvalue weighted by Crippen LogP contribution is -2.52. The summed E-state index contributed by atoms with van der Waals surface area (Å²) >= 11 is 0. The Hall–Kier alpha value is -0.830. The third-order valence-electron chi connectivity index (χ3n) is 12.9. The molecule has 0 spiro atoms. The first kappa shape index (κ1) is 33.1. The number of fused-ring (bicyclic) bond motifs is 5. The van der Waals surface area contributed by atoms with Gasteiger partial charge in [-0.2, -0.15) is 0 Å². The fraction of sp³-hybridized carbons (Fsp3) is 0.921. The molecule has 0 aliphatic heterocycles. The molecule has 41 heavy (non-hydrogen) atoms. The number of rotatable bonds is 14. The van der Waals surface area contributed by atoms with E-state index in [4.69, 9.17) is 4.74 Å². The molecule has 236 valence electrons. The van der Waals surface area contributed by atoms with E-state index in [1.54, 1.807) is 18.1 Å². The fourth-order valence-electron chi connectivity index (χ4n) is 10.7. The van der Waals surface area contributed by atoms with E-state index in [2.05, 4.69) is 53.4 Å². The van der Waals surface area contributed by atoms with E-state index in [1.807, 2.05) is 0 Å². The Morgan fingerprint density at radius 1 is 0.902 bits per heavy atom. The molecular formula is C38H67NO2. The summed E-state index contributed by atoms with van der Waals surface area (Å²) in [5.74, 6) is 5.04. The van der Waals surface area contributed by atoms with Gasteiger partial charge in [0.25, 0.3) is 0 Å². The summed E-state index contributed by atoms with van der Waals surface area (Å²) in [5, 5.41) is 0. The molecule has 0 unspecified atom stereocenters. The van der Waals surface area contributed by atoms with E-state index >= 15 is 0 Å². The summed E-state index contributed by atoms with van der Waals surface area (Å²) in [4.78, 5) is 14.8. The number of hydrogen-bond acceptors (Lipinski definition) is 3. The van der Waals surface area contributed by atoms with Crippen LogP contribution in [-0.2, 0) is 9.53 Å². The first-order valence-electron chi connectivity index (χ1n) is 18.1. The highest BCUT2D eigenvalue weighted by Gasteiger charge is 2.60. The van der Waals surface area contributed by atoms with Gasteiger partial charge in [0.05, 0.1) is 0 Å². The monoisotopic (exact) mass is 570 g/mol. The van der Waals surface area contributed by atoms with Crippen molar-refractivity contribution in [3.8, 4) is 0 Å². The van der Waals surface area contributed by atoms with Gasteiger partial charge < -0.3 is 4.74 Å². The zero-order chi connectivity index (χ0) is 29.8. The first-order valence-corrected chi connectivity index (χ1v) is 18.1. The second kappa shape index (κ2) is 14.3. The molecule has 0 amide bonds. The Balaban J connectivity index is 1.61. The molecule has 0 aromatic heterocycles. The normalized spacial score (nSPS) is 35.8. The van der Waals surface area contributed by atoms with Gasteiger partial charge in [0.2, 0.25) is 0 Å². The van der Waals surface area contributed by atoms with E-state index < -0.39 is 0 Å². The molecule has 4 rings (SSSR count). The van der Waals surface area contributed by atoms with Gasteiger partial charge in [-0.15, -0.1) is 0 Å². The van der Waals surface area contributed by atoms with Gasteiger partial charge in [0.1, 0.15) is 6.10 Å². The lowest BCUT2D eigenvalue weighted by molar-refractivity contribution is -0.148. The number of carbonyl (C=O) groups excluding carboxylic acids is 1. The number of esters is 1. The average molecular weight is 570 g/mol. The SMILES string of the molecule is CCCCN(CCCC)CC1=C2C[C@@H](OC(C)=O)CC[C@]2(C)[C@H]2CC[C@]3(C)[C@@H]([C@H](C)CCCC(C)C)CC[C@H]3[C@@H]2C1. The molecule has 0 heterocycles. The van der Waals surface area contributed by atoms with Crippen LogP contribution >= 0.6 is 0 Å². The minimum Gasteiger partial charge on any atom is -0.462 e. The van der Waals surface area contributed by atoms with E-state index in [0.29, 0.717) is 10.8 Å². The van der Waals surface area contributed by atoms with Crippen LogP contribution in [0.5, 0.6) is 0 Å². The number of hydrogen-bond donors (Lipinski definition) is 0. The van der Waals surface area contributed by atoms with E-state index in [0.717, 1.165) is 54.9 Å². The Morgan fingerprint density at radius 2 is 1.61 bits per heavy atom. The van der Waals surface area contributed by atoms with Crippen LogP contribution in [0.3, 0.4) is 0 Å². The zero-order valence-corrected chi connectivity index (χ0v) is 28.5. The van der Waals surface area contributed by atoms with E-state index in [1.165, 1.54) is 96.6 Å². The molecule has 0 bridgehead atoms. The van der Waals surface area contributed by atoms with Crippen molar-refractivity contribution >= 4 is 5.97 Å². The average Bonchev–Trinajstić information content (AvgIpc) is 3.27. The number of ether oxygens (including phenoxy) is 1. The summed E-state index contributed by atoms with van der Waals surface area (Å²) < 4.78 is 5.89. The molecule has 0 aromatic carbocycles. The molecule has 0 radical (unpaired) electrons. The van der Waals surface area contributed by atoms with Crippen molar-refractivity contribution in [2.45, 2.75) is 158 Å². The maximum absolute atomic E-state index is 12.0. The highest BCUT2D eigenvalue weighted by Crippen LogP contribution is 2.68. The lowest BCUT2D eigenvalue weighted by Gasteiger charge is -2.60. The molecule has 0 aromatic rings. The van der Waals surface area contributed by atoms with Gasteiger partial charge >= 0.3 is 5.97 Å². The lowest BCUT2D eigenvalue weighted by atomic mass is 9.46. The van der Waals surface area contributed by atoms with Crippen molar-refractivity contribution in [1.82, 2.24) is 4.90 Å². The number of unbranched alkanes of at least 4 members (excludes halogenated alkanes) is 2. The molecule has 4 aliphatic rings. The topological polar surface area (TPSA) is 29.5 Å². The minimum absolute atomic E-state index is 0.0817. The molecule has 3 heteroatoms. The largest absolute Gasteiger partial charge is 0.462 e. The number of nitrogens with zero attached hydrogens (tertiary/aromatic N) is 1. The van der Waals surface area contributed by atoms with Crippen LogP contribution in [0.4, 0.5) is 0 Å². The predicted octanol–water partition coefficient (Wildman–Crippen LogP) is 10.2. The van der Waals surface area contributed by atoms with Gasteiger partial charge in [0.15, 0.2) is 0 Å². The summed E-state index contributed by atoms with van der Waals surface area (Å²) in [5.41, 5.74) is 4.29. The highest BCUT2D eigenvalue weighted by atomic mass is 16.5. The molecule has 8 atom stereocenters. The molecule has 3 saturated carbocycles. The smallest absolute Gasteiger partial charge is 0.302 e. The second-order valence-corrected chi connectivity index (χ2v) is 16.1. The Bertz CT molecular complexity index is 885. The standard InChI is InChI=1S/C38H67NO2/c1-9-11-22-39(23-12-10-2)26-30-24-32-34-17-16-33(28(5)15-13-14-27(3)4)37(34,7)21-19-35(32)38(8)20-18-31(25-36(30)38)41-29(6)40/h27-28,31-35H,9-26H2,1-8H3/t28-,31+,32+,33-,34+,35+,37-,38-/m1/s1. The first-order chi connectivity index (χ1) is 19.5. The van der Waals surface area contributed by atoms with Crippen molar-refractivity contribution in [2.75, 3.05) is 19.6 Å². The molecule has 0 saturated heterocycles. The van der Waals surface area contributed by atoms with Crippen LogP contribution < -0.4 is 0 Å². The van der Waals surface area contributed by atoms with Gasteiger partial charge in [-0.05, 0) is 117 Å². The van der Waals surface area contributed by atoms with Gasteiger partial charge in [0, 0.05) is 19.9 Å². The molecule has 3 fully saturated rings. The van der Waals surface area contributed by atoms with Gasteiger partial charge in [-0.1, -0.05) is 91.7 Å². The molecule has 3 nitrogen and oxygen atoms in total. The van der Waals surface area contributed by atoms with Crippen molar-refractivity contribution < 1.29 is 9.53 Å². The summed E-state index contributed by atoms with van der Waals surface area (Å²) in [6.07, 6.45) is 19.7. The van der Waals surface area contributed by atoms with Crippen LogP contribution in [-0.4, -0.2) is 36.6 Å². The quantitative estimate of drug-likeness (QED) is 0.154. The highest BCUT2D eigenvalue weighted by molar-refractivity contribution is 5.66. The van der Waals surface area contributed by atoms with Crippen molar-refractivity contribution in [3.63, 3.8) is 0 Å². The Labute approximate surface area is 255 Å². The van der Waals surface area contributed by atoms with Crippen molar-refractivity contribution in [3.05, 3.63) is 11.1 Å². The number of carbonyl (C=O) groups is 1. The molecule has 0 N–H and O–H groups in total. The van der Waals surface area contributed by atoms with Gasteiger partial charge in [-0.3, -0.25) is 9.69 Å². The van der Waals surface area contributed by atoms with Crippen LogP contribution in [0.2, 0.25) is 0 Å². The summed E-state index contributed by atoms with van der Waals surface area (Å²) in [6, 6.07) is 0. The fourth-order valence-corrected chi connectivity index (χ4v) is 10.7. The maximum Gasteiger partial charge on any atom is 0.302 e. The third kappa shape index (κ3) is 7.29. The van der Waals surface area contributed by atoms with Crippen LogP contribution in [0.25, 0.3) is 0 Å². The summed E-state index contributed by atoms with van der Waals surface area (Å²) in [6.45, 7) is 22.6. The maximum atomic E-state index is 12.0. The summed E-state index contributed by atoms with van der Waals surface area (Å²) in [7, 11) is 0. The third-order valence-corrected chi connectivity index (χ3v) is 12.9. The van der Waals surface area contributed by atoms with Crippen LogP contribution in [0, 0.1) is 46.3 Å². The Kier molecular flexibility index (Phi) is 11.5. The van der Waals surface area contributed by atoms with Gasteiger partial charge in [-0.25, -0.2) is 0 Å². The Morgan fingerprint density at radius 3 is 2.24 bits per heavy atom.